The number of allylic oxidation sites excluding steroid dienone is 1. The number of hydrogen-bond donors (Lipinski definition) is 1. The fraction of sp³-hybridized carbons (Fsp3) is 0.812. The predicted molar refractivity (Wildman–Crippen MR) is 151 cm³/mol. The van der Waals surface area contributed by atoms with E-state index in [-0.39, 0.29) is 23.8 Å². The molecular formula is C32H48N4O4. The first kappa shape index (κ1) is 27.9. The molecule has 1 N–H and O–H groups in total. The first-order valence-electron chi connectivity index (χ1n) is 15.8. The lowest BCUT2D eigenvalue weighted by molar-refractivity contribution is -0.133. The number of aryl methyl sites for hydroxylation is 1. The number of nitrogens with zero attached hydrogens (tertiary/aromatic N) is 4. The van der Waals surface area contributed by atoms with Crippen molar-refractivity contribution < 1.29 is 19.1 Å². The third-order valence-electron chi connectivity index (χ3n) is 12.3. The number of carbonyl (C=O) groups is 2. The van der Waals surface area contributed by atoms with Crippen molar-refractivity contribution in [3.05, 3.63) is 23.4 Å². The first-order valence-corrected chi connectivity index (χ1v) is 15.8. The maximum absolute atomic E-state index is 13.2. The second kappa shape index (κ2) is 10.6. The zero-order chi connectivity index (χ0) is 28.2. The smallest absolute Gasteiger partial charge is 0.311 e. The van der Waals surface area contributed by atoms with E-state index in [1.165, 1.54) is 32.1 Å². The molecule has 0 unspecified atom stereocenters. The van der Waals surface area contributed by atoms with Crippen molar-refractivity contribution in [1.29, 1.82) is 0 Å². The van der Waals surface area contributed by atoms with E-state index in [2.05, 4.69) is 37.0 Å². The molecule has 1 aromatic heterocycles. The summed E-state index contributed by atoms with van der Waals surface area (Å²) in [5.41, 5.74) is 2.21. The Balaban J connectivity index is 1.02. The van der Waals surface area contributed by atoms with E-state index < -0.39 is 0 Å². The molecule has 8 atom stereocenters. The van der Waals surface area contributed by atoms with Gasteiger partial charge >= 0.3 is 11.8 Å². The highest BCUT2D eigenvalue weighted by Crippen LogP contribution is 2.67. The van der Waals surface area contributed by atoms with E-state index >= 15 is 0 Å². The summed E-state index contributed by atoms with van der Waals surface area (Å²) in [6.45, 7) is 11.3. The summed E-state index contributed by atoms with van der Waals surface area (Å²) < 4.78 is 5.29. The molecule has 0 aromatic carbocycles. The molecular weight excluding hydrogens is 504 g/mol. The van der Waals surface area contributed by atoms with E-state index in [0.717, 1.165) is 43.4 Å². The summed E-state index contributed by atoms with van der Waals surface area (Å²) in [4.78, 5) is 29.4. The number of piperazine rings is 1. The molecule has 0 bridgehead atoms. The Morgan fingerprint density at radius 3 is 2.52 bits per heavy atom. The maximum Gasteiger partial charge on any atom is 0.311 e. The van der Waals surface area contributed by atoms with Crippen LogP contribution in [0.25, 0.3) is 0 Å². The molecule has 4 fully saturated rings. The molecule has 3 saturated carbocycles. The van der Waals surface area contributed by atoms with Crippen molar-refractivity contribution in [2.75, 3.05) is 26.2 Å². The zero-order valence-corrected chi connectivity index (χ0v) is 24.9. The molecule has 1 aliphatic heterocycles. The molecule has 1 saturated heterocycles. The molecule has 8 nitrogen and oxygen atoms in total. The number of rotatable bonds is 5. The van der Waals surface area contributed by atoms with Crippen molar-refractivity contribution in [3.8, 4) is 0 Å². The summed E-state index contributed by atoms with van der Waals surface area (Å²) in [7, 11) is 0. The molecule has 2 amide bonds. The number of aliphatic hydroxyl groups excluding tert-OH is 1. The van der Waals surface area contributed by atoms with Crippen LogP contribution in [0.5, 0.6) is 0 Å². The number of amides is 2. The largest absolute Gasteiger partial charge is 0.417 e. The highest BCUT2D eigenvalue weighted by atomic mass is 16.4. The molecule has 6 rings (SSSR count). The van der Waals surface area contributed by atoms with Crippen molar-refractivity contribution in [3.63, 3.8) is 0 Å². The standard InChI is InChI=1S/C32H48N4O4/c1-20(5-10-28(38)35-15-17-36(18-16-35)30(39)29-34-33-21(2)40-29)25-8-9-26-24-7-6-22-19-23(37)11-13-31(22,3)27(24)12-14-32(25,26)4/h6,20,23-27,37H,5,7-19H2,1-4H3/t20-,23+,24+,25-,26+,27+,31+,32-/m1/s1. The normalized spacial score (nSPS) is 38.2. The second-order valence-corrected chi connectivity index (χ2v) is 14.2. The fourth-order valence-corrected chi connectivity index (χ4v) is 10.0. The van der Waals surface area contributed by atoms with E-state index in [1.807, 2.05) is 4.90 Å². The highest BCUT2D eigenvalue weighted by Gasteiger charge is 2.59. The summed E-state index contributed by atoms with van der Waals surface area (Å²) in [6, 6.07) is 0. The Labute approximate surface area is 238 Å². The highest BCUT2D eigenvalue weighted by molar-refractivity contribution is 5.89. The van der Waals surface area contributed by atoms with Crippen molar-refractivity contribution in [2.45, 2.75) is 98.0 Å². The molecule has 220 valence electrons. The van der Waals surface area contributed by atoms with E-state index in [0.29, 0.717) is 61.2 Å². The monoisotopic (exact) mass is 552 g/mol. The minimum atomic E-state index is -0.250. The van der Waals surface area contributed by atoms with Gasteiger partial charge in [0.15, 0.2) is 0 Å². The SMILES string of the molecule is Cc1nnc(C(=O)N2CCN(C(=O)CC[C@@H](C)[C@H]3CC[C@H]4[C@@H]5CC=C6C[C@@H](O)CC[C@]6(C)[C@H]5CC[C@]34C)CC2)o1. The minimum Gasteiger partial charge on any atom is -0.417 e. The van der Waals surface area contributed by atoms with Gasteiger partial charge in [-0.25, -0.2) is 0 Å². The Morgan fingerprint density at radius 2 is 1.80 bits per heavy atom. The van der Waals surface area contributed by atoms with Crippen LogP contribution in [0, 0.1) is 47.3 Å². The van der Waals surface area contributed by atoms with Crippen LogP contribution in [0.1, 0.15) is 102 Å². The predicted octanol–water partition coefficient (Wildman–Crippen LogP) is 5.02. The van der Waals surface area contributed by atoms with Crippen molar-refractivity contribution in [2.24, 2.45) is 40.4 Å². The zero-order valence-electron chi connectivity index (χ0n) is 24.9. The van der Waals surface area contributed by atoms with Gasteiger partial charge in [-0.1, -0.05) is 32.4 Å². The quantitative estimate of drug-likeness (QED) is 0.515. The summed E-state index contributed by atoms with van der Waals surface area (Å²) in [5, 5.41) is 17.9. The average Bonchev–Trinajstić information content (AvgIpc) is 3.54. The summed E-state index contributed by atoms with van der Waals surface area (Å²) in [6.07, 6.45) is 13.4. The van der Waals surface area contributed by atoms with Gasteiger partial charge in [-0.2, -0.15) is 0 Å². The first-order chi connectivity index (χ1) is 19.1. The van der Waals surface area contributed by atoms with Gasteiger partial charge in [0.05, 0.1) is 6.10 Å². The van der Waals surface area contributed by atoms with E-state index in [4.69, 9.17) is 4.42 Å². The van der Waals surface area contributed by atoms with Crippen molar-refractivity contribution in [1.82, 2.24) is 20.0 Å². The number of carbonyl (C=O) groups excluding carboxylic acids is 2. The third kappa shape index (κ3) is 4.72. The molecule has 0 spiro atoms. The van der Waals surface area contributed by atoms with Crippen LogP contribution < -0.4 is 0 Å². The number of hydrogen-bond acceptors (Lipinski definition) is 6. The summed E-state index contributed by atoms with van der Waals surface area (Å²) >= 11 is 0. The van der Waals surface area contributed by atoms with Crippen LogP contribution in [0.4, 0.5) is 0 Å². The van der Waals surface area contributed by atoms with Crippen LogP contribution in [-0.2, 0) is 4.79 Å². The number of aromatic nitrogens is 2. The van der Waals surface area contributed by atoms with Gasteiger partial charge in [-0.15, -0.1) is 10.2 Å². The molecule has 2 heterocycles. The van der Waals surface area contributed by atoms with Gasteiger partial charge in [0.1, 0.15) is 0 Å². The Morgan fingerprint density at radius 1 is 1.05 bits per heavy atom. The third-order valence-corrected chi connectivity index (χ3v) is 12.3. The van der Waals surface area contributed by atoms with Crippen LogP contribution in [0.3, 0.4) is 0 Å². The van der Waals surface area contributed by atoms with Gasteiger partial charge in [0.2, 0.25) is 11.8 Å². The lowest BCUT2D eigenvalue weighted by Gasteiger charge is -2.58. The van der Waals surface area contributed by atoms with Gasteiger partial charge in [-0.05, 0) is 98.2 Å². The van der Waals surface area contributed by atoms with Crippen LogP contribution in [0.15, 0.2) is 16.1 Å². The molecule has 8 heteroatoms. The number of fused-ring (bicyclic) bond motifs is 5. The maximum atomic E-state index is 13.2. The molecule has 1 aromatic rings. The van der Waals surface area contributed by atoms with E-state index in [9.17, 15) is 14.7 Å². The molecule has 4 aliphatic carbocycles. The fourth-order valence-electron chi connectivity index (χ4n) is 10.0. The molecule has 40 heavy (non-hydrogen) atoms. The number of aliphatic hydroxyl groups is 1. The van der Waals surface area contributed by atoms with Gasteiger partial charge < -0.3 is 19.3 Å². The van der Waals surface area contributed by atoms with Crippen LogP contribution in [-0.4, -0.2) is 69.2 Å². The summed E-state index contributed by atoms with van der Waals surface area (Å²) in [5.74, 6) is 3.92. The lowest BCUT2D eigenvalue weighted by atomic mass is 9.47. The van der Waals surface area contributed by atoms with E-state index in [1.54, 1.807) is 17.4 Å². The Hall–Kier alpha value is -2.22. The Kier molecular flexibility index (Phi) is 7.37. The van der Waals surface area contributed by atoms with Crippen molar-refractivity contribution >= 4 is 11.8 Å². The minimum absolute atomic E-state index is 0.0276. The van der Waals surface area contributed by atoms with Gasteiger partial charge in [0, 0.05) is 39.5 Å². The van der Waals surface area contributed by atoms with Crippen LogP contribution in [0.2, 0.25) is 0 Å². The average molecular weight is 553 g/mol. The van der Waals surface area contributed by atoms with Gasteiger partial charge in [-0.3, -0.25) is 9.59 Å². The molecule has 0 radical (unpaired) electrons. The van der Waals surface area contributed by atoms with Gasteiger partial charge in [0.25, 0.3) is 0 Å². The Bertz CT molecular complexity index is 1160. The second-order valence-electron chi connectivity index (χ2n) is 14.2. The lowest BCUT2D eigenvalue weighted by Crippen LogP contribution is -2.51. The molecule has 5 aliphatic rings. The van der Waals surface area contributed by atoms with Crippen LogP contribution >= 0.6 is 0 Å². The topological polar surface area (TPSA) is 99.8 Å².